The van der Waals surface area contributed by atoms with Gasteiger partial charge in [0.05, 0.1) is 0 Å². The maximum absolute atomic E-state index is 12.6. The van der Waals surface area contributed by atoms with Crippen LogP contribution in [0.1, 0.15) is 0 Å². The van der Waals surface area contributed by atoms with Crippen LogP contribution in [0, 0.1) is 0 Å². The first kappa shape index (κ1) is 18.6. The number of hydrogen-bond acceptors (Lipinski definition) is 2. The maximum Gasteiger partial charge on any atom is 0.244 e. The molecule has 0 atom stereocenters. The van der Waals surface area contributed by atoms with Gasteiger partial charge in [0, 0.05) is 52.6 Å². The molecule has 144 valence electrons. The number of nitrogens with zero attached hydrogens (tertiary/aromatic N) is 3. The number of aromatic nitrogens is 2. The maximum atomic E-state index is 12.6. The van der Waals surface area contributed by atoms with E-state index < -0.39 is 0 Å². The van der Waals surface area contributed by atoms with Crippen LogP contribution in [0.15, 0.2) is 60.9 Å². The van der Waals surface area contributed by atoms with Crippen molar-refractivity contribution >= 4 is 45.0 Å². The fraction of sp³-hybridized carbons (Fsp3) is 0.227. The van der Waals surface area contributed by atoms with Gasteiger partial charge in [-0.25, -0.2) is 0 Å². The van der Waals surface area contributed by atoms with E-state index in [-0.39, 0.29) is 12.5 Å². The van der Waals surface area contributed by atoms with E-state index in [1.165, 1.54) is 5.52 Å². The van der Waals surface area contributed by atoms with Crippen molar-refractivity contribution in [2.75, 3.05) is 26.0 Å². The molecule has 0 fully saturated rings. The molecule has 4 aromatic rings. The summed E-state index contributed by atoms with van der Waals surface area (Å²) in [5, 5.41) is 5.85. The van der Waals surface area contributed by atoms with Crippen LogP contribution in [0.3, 0.4) is 0 Å². The first-order valence-corrected chi connectivity index (χ1v) is 9.65. The molecule has 28 heavy (non-hydrogen) atoms. The third kappa shape index (κ3) is 3.91. The predicted octanol–water partition coefficient (Wildman–Crippen LogP) is 4.45. The lowest BCUT2D eigenvalue weighted by Crippen LogP contribution is -2.18. The number of nitrogens with one attached hydrogen (secondary N) is 1. The van der Waals surface area contributed by atoms with Crippen LogP contribution in [0.2, 0.25) is 5.02 Å². The van der Waals surface area contributed by atoms with Gasteiger partial charge in [-0.05, 0) is 61.9 Å². The van der Waals surface area contributed by atoms with Crippen molar-refractivity contribution in [2.24, 2.45) is 0 Å². The minimum atomic E-state index is -0.0659. The lowest BCUT2D eigenvalue weighted by Gasteiger charge is -2.12. The molecule has 6 heteroatoms. The molecular formula is C22H23ClN4O. The van der Waals surface area contributed by atoms with E-state index in [9.17, 15) is 4.79 Å². The average Bonchev–Trinajstić information content (AvgIpc) is 3.23. The molecule has 2 heterocycles. The third-order valence-corrected chi connectivity index (χ3v) is 5.13. The van der Waals surface area contributed by atoms with Crippen molar-refractivity contribution in [3.63, 3.8) is 0 Å². The second-order valence-corrected chi connectivity index (χ2v) is 7.72. The number of benzene rings is 2. The van der Waals surface area contributed by atoms with Crippen LogP contribution >= 0.6 is 11.6 Å². The van der Waals surface area contributed by atoms with Crippen LogP contribution in [0.25, 0.3) is 21.8 Å². The SMILES string of the molecule is CN(C)CCn1ccc2cc(NC(=O)Cn3ccc4ccc(Cl)cc43)ccc21. The van der Waals surface area contributed by atoms with Crippen LogP contribution < -0.4 is 5.32 Å². The lowest BCUT2D eigenvalue weighted by molar-refractivity contribution is -0.116. The average molecular weight is 395 g/mol. The number of likely N-dealkylation sites (N-methyl/N-ethyl adjacent to an activating group) is 1. The number of anilines is 1. The van der Waals surface area contributed by atoms with Gasteiger partial charge in [0.25, 0.3) is 0 Å². The molecule has 0 spiro atoms. The molecule has 0 saturated heterocycles. The molecule has 0 bridgehead atoms. The van der Waals surface area contributed by atoms with E-state index in [1.54, 1.807) is 0 Å². The highest BCUT2D eigenvalue weighted by Crippen LogP contribution is 2.22. The summed E-state index contributed by atoms with van der Waals surface area (Å²) in [6, 6.07) is 15.8. The molecule has 0 saturated carbocycles. The van der Waals surface area contributed by atoms with Gasteiger partial charge in [-0.15, -0.1) is 0 Å². The van der Waals surface area contributed by atoms with Gasteiger partial charge in [0.2, 0.25) is 5.91 Å². The zero-order valence-corrected chi connectivity index (χ0v) is 16.8. The van der Waals surface area contributed by atoms with Gasteiger partial charge in [-0.3, -0.25) is 4.79 Å². The normalized spacial score (nSPS) is 11.6. The standard InChI is InChI=1S/C22H23ClN4O/c1-25(2)11-12-26-9-8-17-13-19(5-6-20(17)26)24-22(28)15-27-10-7-16-3-4-18(23)14-21(16)27/h3-10,13-14H,11-12,15H2,1-2H3,(H,24,28). The number of fused-ring (bicyclic) bond motifs is 2. The number of amides is 1. The Morgan fingerprint density at radius 2 is 1.75 bits per heavy atom. The van der Waals surface area contributed by atoms with Crippen LogP contribution in [-0.2, 0) is 17.9 Å². The zero-order valence-electron chi connectivity index (χ0n) is 16.0. The molecule has 4 rings (SSSR count). The fourth-order valence-electron chi connectivity index (χ4n) is 3.43. The van der Waals surface area contributed by atoms with Crippen LogP contribution in [0.4, 0.5) is 5.69 Å². The molecule has 0 aliphatic carbocycles. The van der Waals surface area contributed by atoms with Gasteiger partial charge in [0.1, 0.15) is 6.54 Å². The summed E-state index contributed by atoms with van der Waals surface area (Å²) in [5.74, 6) is -0.0659. The third-order valence-electron chi connectivity index (χ3n) is 4.89. The Kier molecular flexibility index (Phi) is 5.11. The Balaban J connectivity index is 1.48. The first-order valence-electron chi connectivity index (χ1n) is 9.27. The molecule has 0 aliphatic rings. The highest BCUT2D eigenvalue weighted by Gasteiger charge is 2.09. The monoisotopic (exact) mass is 394 g/mol. The van der Waals surface area contributed by atoms with Gasteiger partial charge < -0.3 is 19.4 Å². The molecule has 2 aromatic carbocycles. The van der Waals surface area contributed by atoms with Crippen LogP contribution in [-0.4, -0.2) is 40.6 Å². The Morgan fingerprint density at radius 1 is 0.964 bits per heavy atom. The van der Waals surface area contributed by atoms with E-state index in [0.29, 0.717) is 5.02 Å². The minimum Gasteiger partial charge on any atom is -0.346 e. The molecule has 0 aliphatic heterocycles. The lowest BCUT2D eigenvalue weighted by atomic mass is 10.2. The second kappa shape index (κ2) is 7.70. The summed E-state index contributed by atoms with van der Waals surface area (Å²) in [7, 11) is 4.14. The number of halogens is 1. The summed E-state index contributed by atoms with van der Waals surface area (Å²) in [6.45, 7) is 2.16. The van der Waals surface area contributed by atoms with Crippen molar-refractivity contribution in [1.82, 2.24) is 14.0 Å². The molecule has 5 nitrogen and oxygen atoms in total. The molecule has 2 aromatic heterocycles. The topological polar surface area (TPSA) is 42.2 Å². The van der Waals surface area contributed by atoms with Crippen LogP contribution in [0.5, 0.6) is 0 Å². The first-order chi connectivity index (χ1) is 13.5. The summed E-state index contributed by atoms with van der Waals surface area (Å²) < 4.78 is 4.14. The van der Waals surface area contributed by atoms with E-state index in [4.69, 9.17) is 11.6 Å². The molecular weight excluding hydrogens is 372 g/mol. The Morgan fingerprint density at radius 3 is 2.57 bits per heavy atom. The molecule has 0 unspecified atom stereocenters. The Labute approximate surface area is 169 Å². The van der Waals surface area contributed by atoms with E-state index >= 15 is 0 Å². The van der Waals surface area contributed by atoms with E-state index in [1.807, 2.05) is 47.2 Å². The highest BCUT2D eigenvalue weighted by atomic mass is 35.5. The van der Waals surface area contributed by atoms with Crippen molar-refractivity contribution in [3.8, 4) is 0 Å². The van der Waals surface area contributed by atoms with Gasteiger partial charge in [-0.1, -0.05) is 17.7 Å². The van der Waals surface area contributed by atoms with Crippen molar-refractivity contribution in [2.45, 2.75) is 13.1 Å². The fourth-order valence-corrected chi connectivity index (χ4v) is 3.60. The van der Waals surface area contributed by atoms with E-state index in [0.717, 1.165) is 35.1 Å². The van der Waals surface area contributed by atoms with Gasteiger partial charge >= 0.3 is 0 Å². The van der Waals surface area contributed by atoms with Crippen molar-refractivity contribution in [1.29, 1.82) is 0 Å². The summed E-state index contributed by atoms with van der Waals surface area (Å²) in [5.41, 5.74) is 2.93. The largest absolute Gasteiger partial charge is 0.346 e. The minimum absolute atomic E-state index is 0.0659. The zero-order chi connectivity index (χ0) is 19.7. The molecule has 1 amide bonds. The van der Waals surface area contributed by atoms with Gasteiger partial charge in [-0.2, -0.15) is 0 Å². The summed E-state index contributed by atoms with van der Waals surface area (Å²) in [6.07, 6.45) is 4.00. The second-order valence-electron chi connectivity index (χ2n) is 7.28. The summed E-state index contributed by atoms with van der Waals surface area (Å²) >= 11 is 6.09. The molecule has 0 radical (unpaired) electrons. The number of rotatable bonds is 6. The number of carbonyl (C=O) groups is 1. The summed E-state index contributed by atoms with van der Waals surface area (Å²) in [4.78, 5) is 14.7. The highest BCUT2D eigenvalue weighted by molar-refractivity contribution is 6.31. The predicted molar refractivity (Wildman–Crippen MR) is 116 cm³/mol. The Bertz CT molecular complexity index is 1140. The Hall–Kier alpha value is -2.76. The molecule has 1 N–H and O–H groups in total. The van der Waals surface area contributed by atoms with Crippen molar-refractivity contribution < 1.29 is 4.79 Å². The van der Waals surface area contributed by atoms with Gasteiger partial charge in [0.15, 0.2) is 0 Å². The number of carbonyl (C=O) groups excluding carboxylic acids is 1. The number of hydrogen-bond donors (Lipinski definition) is 1. The van der Waals surface area contributed by atoms with Crippen molar-refractivity contribution in [3.05, 3.63) is 65.9 Å². The smallest absolute Gasteiger partial charge is 0.244 e. The quantitative estimate of drug-likeness (QED) is 0.525. The van der Waals surface area contributed by atoms with E-state index in [2.05, 4.69) is 47.2 Å².